The van der Waals surface area contributed by atoms with Gasteiger partial charge in [-0.1, -0.05) is 29.8 Å². The van der Waals surface area contributed by atoms with E-state index >= 15 is 0 Å². The number of nitrogens with two attached hydrogens (primary N) is 1. The number of primary sulfonamides is 1. The summed E-state index contributed by atoms with van der Waals surface area (Å²) in [5.41, 5.74) is 0.996. The zero-order chi connectivity index (χ0) is 19.1. The number of hydrogen-bond acceptors (Lipinski definition) is 3. The van der Waals surface area contributed by atoms with Crippen molar-refractivity contribution in [2.24, 2.45) is 5.14 Å². The molecule has 2 N–H and O–H groups in total. The minimum Gasteiger partial charge on any atom is -0.233 e. The molecular formula is C17H15F3N3O2S+. The highest BCUT2D eigenvalue weighted by molar-refractivity contribution is 7.89. The quantitative estimate of drug-likeness (QED) is 0.751. The Bertz CT molecular complexity index is 1040. The summed E-state index contributed by atoms with van der Waals surface area (Å²) >= 11 is 0. The Morgan fingerprint density at radius 1 is 1.04 bits per heavy atom. The van der Waals surface area contributed by atoms with Crippen molar-refractivity contribution >= 4 is 10.0 Å². The number of halogens is 3. The summed E-state index contributed by atoms with van der Waals surface area (Å²) < 4.78 is 63.2. The molecule has 0 saturated heterocycles. The summed E-state index contributed by atoms with van der Waals surface area (Å²) in [5.74, 6) is 0. The molecule has 0 radical (unpaired) electrons. The third-order valence-corrected chi connectivity index (χ3v) is 4.69. The fourth-order valence-electron chi connectivity index (χ4n) is 2.42. The van der Waals surface area contributed by atoms with Crippen LogP contribution in [0, 0.1) is 6.92 Å². The van der Waals surface area contributed by atoms with E-state index in [1.165, 1.54) is 24.3 Å². The number of benzene rings is 2. The first kappa shape index (κ1) is 18.2. The Morgan fingerprint density at radius 3 is 2.12 bits per heavy atom. The summed E-state index contributed by atoms with van der Waals surface area (Å²) in [4.78, 5) is -0.138. The van der Waals surface area contributed by atoms with Gasteiger partial charge in [0.25, 0.3) is 0 Å². The van der Waals surface area contributed by atoms with Crippen molar-refractivity contribution in [1.29, 1.82) is 0 Å². The van der Waals surface area contributed by atoms with Crippen molar-refractivity contribution in [3.8, 4) is 16.9 Å². The van der Waals surface area contributed by atoms with Crippen LogP contribution < -0.4 is 5.14 Å². The minimum atomic E-state index is -4.61. The number of aryl methyl sites for hydroxylation is 1. The van der Waals surface area contributed by atoms with E-state index in [0.717, 1.165) is 16.3 Å². The van der Waals surface area contributed by atoms with Gasteiger partial charge in [-0.2, -0.15) is 18.3 Å². The fraction of sp³-hybridized carbons (Fsp3) is 0.118. The van der Waals surface area contributed by atoms with E-state index in [0.29, 0.717) is 5.56 Å². The fourth-order valence-corrected chi connectivity index (χ4v) is 2.94. The molecule has 0 aliphatic rings. The van der Waals surface area contributed by atoms with Gasteiger partial charge in [0.2, 0.25) is 10.0 Å². The molecule has 0 aliphatic carbocycles. The first-order valence-electron chi connectivity index (χ1n) is 7.43. The zero-order valence-electron chi connectivity index (χ0n) is 14.5. The molecule has 1 aromatic heterocycles. The van der Waals surface area contributed by atoms with E-state index in [-0.39, 0.29) is 17.7 Å². The first-order chi connectivity index (χ1) is 12.1. The van der Waals surface area contributed by atoms with Crippen LogP contribution in [0.1, 0.15) is 12.7 Å². The van der Waals surface area contributed by atoms with E-state index in [4.69, 9.17) is 5.14 Å². The van der Waals surface area contributed by atoms with Crippen LogP contribution in [0.15, 0.2) is 59.5 Å². The topological polar surface area (TPSA) is 78.0 Å². The lowest BCUT2D eigenvalue weighted by atomic mass is 10.1. The molecule has 3 rings (SSSR count). The largest absolute Gasteiger partial charge is 1.00 e. The van der Waals surface area contributed by atoms with Gasteiger partial charge in [-0.05, 0) is 37.3 Å². The van der Waals surface area contributed by atoms with Crippen LogP contribution in [-0.4, -0.2) is 18.2 Å². The molecule has 26 heavy (non-hydrogen) atoms. The normalized spacial score (nSPS) is 12.3. The molecular weight excluding hydrogens is 367 g/mol. The van der Waals surface area contributed by atoms with E-state index in [1.54, 1.807) is 24.3 Å². The third kappa shape index (κ3) is 3.63. The van der Waals surface area contributed by atoms with Gasteiger partial charge in [-0.15, -0.1) is 0 Å². The molecule has 0 atom stereocenters. The van der Waals surface area contributed by atoms with Crippen molar-refractivity contribution < 1.29 is 23.0 Å². The molecule has 3 aromatic rings. The van der Waals surface area contributed by atoms with Crippen LogP contribution in [-0.2, 0) is 16.2 Å². The van der Waals surface area contributed by atoms with Crippen LogP contribution in [0.4, 0.5) is 13.2 Å². The highest BCUT2D eigenvalue weighted by Gasteiger charge is 2.35. The van der Waals surface area contributed by atoms with Gasteiger partial charge in [0.15, 0.2) is 5.69 Å². The average Bonchev–Trinajstić information content (AvgIpc) is 3.00. The SMILES string of the molecule is Cc1ccc(-c2cc(C(F)(F)F)nn2-c2ccc(S(N)(=O)=O)cc2)cc1.[H+]. The van der Waals surface area contributed by atoms with Crippen LogP contribution in [0.25, 0.3) is 16.9 Å². The Kier molecular flexibility index (Phi) is 4.37. The average molecular weight is 382 g/mol. The Labute approximate surface area is 149 Å². The molecule has 1 heterocycles. The summed E-state index contributed by atoms with van der Waals surface area (Å²) in [6, 6.07) is 13.1. The highest BCUT2D eigenvalue weighted by atomic mass is 32.2. The summed E-state index contributed by atoms with van der Waals surface area (Å²) in [6.45, 7) is 1.87. The van der Waals surface area contributed by atoms with Crippen molar-refractivity contribution in [3.05, 3.63) is 65.9 Å². The summed E-state index contributed by atoms with van der Waals surface area (Å²) in [7, 11) is -3.90. The predicted molar refractivity (Wildman–Crippen MR) is 91.2 cm³/mol. The number of alkyl halides is 3. The molecule has 0 saturated carbocycles. The molecule has 0 spiro atoms. The van der Waals surface area contributed by atoms with Gasteiger partial charge in [0.05, 0.1) is 16.3 Å². The van der Waals surface area contributed by atoms with Crippen LogP contribution in [0.3, 0.4) is 0 Å². The molecule has 0 bridgehead atoms. The molecule has 0 unspecified atom stereocenters. The third-order valence-electron chi connectivity index (χ3n) is 3.76. The van der Waals surface area contributed by atoms with Crippen molar-refractivity contribution in [2.75, 3.05) is 0 Å². The lowest BCUT2D eigenvalue weighted by Gasteiger charge is -2.09. The van der Waals surface area contributed by atoms with Gasteiger partial charge in [-0.25, -0.2) is 18.2 Å². The van der Waals surface area contributed by atoms with Crippen molar-refractivity contribution in [2.45, 2.75) is 18.0 Å². The Balaban J connectivity index is 0.00000261. The van der Waals surface area contributed by atoms with Gasteiger partial charge in [-0.3, -0.25) is 0 Å². The van der Waals surface area contributed by atoms with E-state index in [9.17, 15) is 21.6 Å². The smallest absolute Gasteiger partial charge is 0.233 e. The maximum Gasteiger partial charge on any atom is 1.00 e. The van der Waals surface area contributed by atoms with Crippen LogP contribution in [0.2, 0.25) is 0 Å². The van der Waals surface area contributed by atoms with Crippen molar-refractivity contribution in [1.82, 2.24) is 9.78 Å². The van der Waals surface area contributed by atoms with Gasteiger partial charge in [0, 0.05) is 5.56 Å². The van der Waals surface area contributed by atoms with Gasteiger partial charge in [0.1, 0.15) is 0 Å². The minimum absolute atomic E-state index is 0. The second kappa shape index (κ2) is 6.26. The maximum absolute atomic E-state index is 13.1. The molecule has 0 aliphatic heterocycles. The Morgan fingerprint density at radius 2 is 1.62 bits per heavy atom. The second-order valence-electron chi connectivity index (χ2n) is 5.73. The molecule has 2 aromatic carbocycles. The Hall–Kier alpha value is -2.65. The first-order valence-corrected chi connectivity index (χ1v) is 8.98. The summed E-state index contributed by atoms with van der Waals surface area (Å²) in [5, 5.41) is 8.70. The van der Waals surface area contributed by atoms with Crippen LogP contribution >= 0.6 is 0 Å². The number of hydrogen-bond donors (Lipinski definition) is 1. The molecule has 5 nitrogen and oxygen atoms in total. The second-order valence-corrected chi connectivity index (χ2v) is 7.29. The standard InChI is InChI=1S/C17H14F3N3O2S/c1-11-2-4-12(5-3-11)15-10-16(17(18,19)20)22-23(15)13-6-8-14(9-7-13)26(21,24)25/h2-10H,1H3,(H2,21,24,25)/p+1. The van der Waals surface area contributed by atoms with Gasteiger partial charge >= 0.3 is 7.60 Å². The predicted octanol–water partition coefficient (Wildman–Crippen LogP) is 3.63. The molecule has 0 amide bonds. The van der Waals surface area contributed by atoms with Crippen molar-refractivity contribution in [3.63, 3.8) is 0 Å². The lowest BCUT2D eigenvalue weighted by molar-refractivity contribution is -0.141. The number of nitrogens with zero attached hydrogens (tertiary/aromatic N) is 2. The maximum atomic E-state index is 13.1. The monoisotopic (exact) mass is 382 g/mol. The number of aromatic nitrogens is 2. The summed E-state index contributed by atoms with van der Waals surface area (Å²) in [6.07, 6.45) is -4.61. The van der Waals surface area contributed by atoms with E-state index in [2.05, 4.69) is 5.10 Å². The molecule has 9 heteroatoms. The molecule has 0 fully saturated rings. The van der Waals surface area contributed by atoms with E-state index in [1.807, 2.05) is 6.92 Å². The zero-order valence-corrected chi connectivity index (χ0v) is 14.3. The molecule has 136 valence electrons. The van der Waals surface area contributed by atoms with E-state index < -0.39 is 21.9 Å². The van der Waals surface area contributed by atoms with Crippen LogP contribution in [0.5, 0.6) is 0 Å². The lowest BCUT2D eigenvalue weighted by Crippen LogP contribution is -2.12. The van der Waals surface area contributed by atoms with Gasteiger partial charge < -0.3 is 0 Å². The number of rotatable bonds is 3. The highest BCUT2D eigenvalue weighted by Crippen LogP contribution is 2.33. The number of sulfonamides is 1.